The molecular weight excluding hydrogens is 188 g/mol. The molecule has 0 aromatic heterocycles. The van der Waals surface area contributed by atoms with Crippen molar-refractivity contribution in [1.82, 2.24) is 0 Å². The Labute approximate surface area is 95.3 Å². The molecule has 2 heteroatoms. The highest BCUT2D eigenvalue weighted by atomic mass is 16.5. The van der Waals surface area contributed by atoms with Crippen molar-refractivity contribution in [3.8, 4) is 0 Å². The van der Waals surface area contributed by atoms with Gasteiger partial charge in [0.25, 0.3) is 0 Å². The Hall–Kier alpha value is -0.0800. The molecule has 0 unspecified atom stereocenters. The molecule has 0 N–H and O–H groups in total. The fourth-order valence-corrected chi connectivity index (χ4v) is 1.61. The maximum absolute atomic E-state index is 5.29. The molecule has 0 amide bonds. The van der Waals surface area contributed by atoms with Crippen molar-refractivity contribution in [3.05, 3.63) is 7.11 Å². The van der Waals surface area contributed by atoms with E-state index in [0.29, 0.717) is 0 Å². The van der Waals surface area contributed by atoms with Crippen LogP contribution in [0.4, 0.5) is 0 Å². The van der Waals surface area contributed by atoms with Crippen LogP contribution in [-0.2, 0) is 9.47 Å². The zero-order valence-corrected chi connectivity index (χ0v) is 10.3. The number of unbranched alkanes of at least 4 members (excludes halogenated alkanes) is 7. The molecule has 0 fully saturated rings. The first-order chi connectivity index (χ1) is 7.41. The fraction of sp³-hybridized carbons (Fsp3) is 0.923. The van der Waals surface area contributed by atoms with E-state index >= 15 is 0 Å². The van der Waals surface area contributed by atoms with Gasteiger partial charge in [-0.05, 0) is 19.8 Å². The minimum atomic E-state index is 0.814. The molecule has 0 aliphatic carbocycles. The average molecular weight is 215 g/mol. The Balaban J connectivity index is 2.81. The number of rotatable bonds is 12. The summed E-state index contributed by atoms with van der Waals surface area (Å²) >= 11 is 0. The van der Waals surface area contributed by atoms with Gasteiger partial charge in [-0.2, -0.15) is 0 Å². The largest absolute Gasteiger partial charge is 0.382 e. The van der Waals surface area contributed by atoms with Gasteiger partial charge in [0.15, 0.2) is 0 Å². The summed E-state index contributed by atoms with van der Waals surface area (Å²) in [4.78, 5) is 0. The maximum atomic E-state index is 5.29. The average Bonchev–Trinajstić information content (AvgIpc) is 2.26. The number of hydrogen-bond donors (Lipinski definition) is 0. The topological polar surface area (TPSA) is 18.5 Å². The van der Waals surface area contributed by atoms with Crippen LogP contribution in [0.25, 0.3) is 0 Å². The van der Waals surface area contributed by atoms with E-state index in [2.05, 4.69) is 14.0 Å². The predicted molar refractivity (Wildman–Crippen MR) is 64.7 cm³/mol. The molecule has 1 radical (unpaired) electrons. The Morgan fingerprint density at radius 2 is 1.20 bits per heavy atom. The molecule has 0 heterocycles. The van der Waals surface area contributed by atoms with Gasteiger partial charge in [0, 0.05) is 19.8 Å². The minimum Gasteiger partial charge on any atom is -0.382 e. The molecule has 2 nitrogen and oxygen atoms in total. The molecule has 0 saturated heterocycles. The molecule has 0 aliphatic heterocycles. The zero-order valence-electron chi connectivity index (χ0n) is 10.3. The van der Waals surface area contributed by atoms with Gasteiger partial charge in [0.2, 0.25) is 0 Å². The van der Waals surface area contributed by atoms with Crippen LogP contribution < -0.4 is 0 Å². The second kappa shape index (κ2) is 13.9. The molecule has 91 valence electrons. The van der Waals surface area contributed by atoms with Gasteiger partial charge in [0.05, 0.1) is 7.11 Å². The van der Waals surface area contributed by atoms with E-state index in [-0.39, 0.29) is 0 Å². The lowest BCUT2D eigenvalue weighted by atomic mass is 10.1. The third kappa shape index (κ3) is 13.9. The summed E-state index contributed by atoms with van der Waals surface area (Å²) in [5, 5.41) is 0. The molecule has 0 saturated carbocycles. The summed E-state index contributed by atoms with van der Waals surface area (Å²) in [6.45, 7) is 4.66. The van der Waals surface area contributed by atoms with Crippen molar-refractivity contribution in [2.24, 2.45) is 0 Å². The van der Waals surface area contributed by atoms with Crippen LogP contribution in [0.3, 0.4) is 0 Å². The summed E-state index contributed by atoms with van der Waals surface area (Å²) in [5.74, 6) is 0. The summed E-state index contributed by atoms with van der Waals surface area (Å²) in [6, 6.07) is 0. The zero-order chi connectivity index (χ0) is 11.2. The Morgan fingerprint density at radius 3 is 1.67 bits per heavy atom. The Bertz CT molecular complexity index is 92.7. The quantitative estimate of drug-likeness (QED) is 0.459. The monoisotopic (exact) mass is 215 g/mol. The van der Waals surface area contributed by atoms with E-state index in [1.165, 1.54) is 44.9 Å². The van der Waals surface area contributed by atoms with E-state index in [4.69, 9.17) is 9.47 Å². The molecule has 0 bridgehead atoms. The van der Waals surface area contributed by atoms with Crippen molar-refractivity contribution in [1.29, 1.82) is 0 Å². The van der Waals surface area contributed by atoms with Gasteiger partial charge < -0.3 is 9.47 Å². The highest BCUT2D eigenvalue weighted by Crippen LogP contribution is 2.08. The van der Waals surface area contributed by atoms with E-state index in [0.717, 1.165) is 26.2 Å². The Morgan fingerprint density at radius 1 is 0.733 bits per heavy atom. The van der Waals surface area contributed by atoms with Crippen LogP contribution in [-0.4, -0.2) is 19.8 Å². The van der Waals surface area contributed by atoms with Crippen LogP contribution in [0.5, 0.6) is 0 Å². The molecule has 0 atom stereocenters. The Kier molecular flexibility index (Phi) is 13.8. The van der Waals surface area contributed by atoms with Gasteiger partial charge in [-0.3, -0.25) is 0 Å². The SMILES string of the molecule is [CH2]OCCCCCCCCCCOCC. The third-order valence-electron chi connectivity index (χ3n) is 2.53. The van der Waals surface area contributed by atoms with E-state index in [9.17, 15) is 0 Å². The van der Waals surface area contributed by atoms with E-state index in [1.54, 1.807) is 0 Å². The number of ether oxygens (including phenoxy) is 2. The van der Waals surface area contributed by atoms with Crippen molar-refractivity contribution in [3.63, 3.8) is 0 Å². The van der Waals surface area contributed by atoms with Gasteiger partial charge in [0.1, 0.15) is 0 Å². The first-order valence-electron chi connectivity index (χ1n) is 6.36. The van der Waals surface area contributed by atoms with Crippen LogP contribution in [0.1, 0.15) is 58.3 Å². The van der Waals surface area contributed by atoms with Crippen LogP contribution >= 0.6 is 0 Å². The van der Waals surface area contributed by atoms with Crippen LogP contribution in [0, 0.1) is 7.11 Å². The maximum Gasteiger partial charge on any atom is 0.0700 e. The molecule has 15 heavy (non-hydrogen) atoms. The summed E-state index contributed by atoms with van der Waals surface area (Å²) in [6.07, 6.45) is 10.4. The lowest BCUT2D eigenvalue weighted by Crippen LogP contribution is -1.93. The number of hydrogen-bond acceptors (Lipinski definition) is 2. The molecular formula is C13H27O2. The second-order valence-electron chi connectivity index (χ2n) is 3.93. The van der Waals surface area contributed by atoms with Crippen molar-refractivity contribution in [2.45, 2.75) is 58.3 Å². The highest BCUT2D eigenvalue weighted by Gasteiger charge is 1.92. The smallest absolute Gasteiger partial charge is 0.0700 e. The lowest BCUT2D eigenvalue weighted by Gasteiger charge is -2.02. The van der Waals surface area contributed by atoms with E-state index < -0.39 is 0 Å². The van der Waals surface area contributed by atoms with Crippen LogP contribution in [0.2, 0.25) is 0 Å². The highest BCUT2D eigenvalue weighted by molar-refractivity contribution is 4.46. The third-order valence-corrected chi connectivity index (χ3v) is 2.53. The first kappa shape index (κ1) is 14.9. The molecule has 0 aromatic carbocycles. The minimum absolute atomic E-state index is 0.814. The van der Waals surface area contributed by atoms with Crippen molar-refractivity contribution < 1.29 is 9.47 Å². The molecule has 0 aromatic rings. The van der Waals surface area contributed by atoms with Gasteiger partial charge in [-0.25, -0.2) is 0 Å². The normalized spacial score (nSPS) is 10.8. The second-order valence-corrected chi connectivity index (χ2v) is 3.93. The first-order valence-corrected chi connectivity index (χ1v) is 6.36. The van der Waals surface area contributed by atoms with E-state index in [1.807, 2.05) is 0 Å². The van der Waals surface area contributed by atoms with Gasteiger partial charge >= 0.3 is 0 Å². The predicted octanol–water partition coefficient (Wildman–Crippen LogP) is 3.95. The molecule has 0 aliphatic rings. The van der Waals surface area contributed by atoms with Gasteiger partial charge in [-0.1, -0.05) is 38.5 Å². The lowest BCUT2D eigenvalue weighted by molar-refractivity contribution is 0.143. The summed E-state index contributed by atoms with van der Waals surface area (Å²) in [7, 11) is 3.36. The summed E-state index contributed by atoms with van der Waals surface area (Å²) in [5.41, 5.74) is 0. The fourth-order valence-electron chi connectivity index (χ4n) is 1.61. The van der Waals surface area contributed by atoms with Crippen molar-refractivity contribution in [2.75, 3.05) is 19.8 Å². The molecule has 0 spiro atoms. The summed E-state index contributed by atoms with van der Waals surface area (Å²) < 4.78 is 10.0. The van der Waals surface area contributed by atoms with Gasteiger partial charge in [-0.15, -0.1) is 0 Å². The molecule has 0 rings (SSSR count). The standard InChI is InChI=1S/C13H27O2/c1-3-15-13-11-9-7-5-4-6-8-10-12-14-2/h2-13H2,1H3. The van der Waals surface area contributed by atoms with Crippen molar-refractivity contribution >= 4 is 0 Å². The van der Waals surface area contributed by atoms with Crippen LogP contribution in [0.15, 0.2) is 0 Å².